The van der Waals surface area contributed by atoms with Crippen LogP contribution in [0.1, 0.15) is 63.5 Å². The number of benzene rings is 2. The van der Waals surface area contributed by atoms with Crippen molar-refractivity contribution in [3.8, 4) is 11.1 Å². The Morgan fingerprint density at radius 1 is 0.907 bits per heavy atom. The Hall–Kier alpha value is -3.56. The predicted octanol–water partition coefficient (Wildman–Crippen LogP) is 5.22. The van der Waals surface area contributed by atoms with E-state index >= 15 is 0 Å². The van der Waals surface area contributed by atoms with Crippen LogP contribution < -0.4 is 0 Å². The first kappa shape index (κ1) is 32.4. The Balaban J connectivity index is 1.16. The van der Waals surface area contributed by atoms with Crippen LogP contribution in [-0.2, 0) is 28.5 Å². The van der Waals surface area contributed by atoms with E-state index in [0.29, 0.717) is 65.3 Å². The number of piperidine rings is 1. The summed E-state index contributed by atoms with van der Waals surface area (Å²) in [4.78, 5) is 41.1. The number of nitrogens with zero attached hydrogens (tertiary/aromatic N) is 2. The molecule has 1 saturated heterocycles. The fourth-order valence-corrected chi connectivity index (χ4v) is 5.76. The van der Waals surface area contributed by atoms with Gasteiger partial charge in [0.2, 0.25) is 11.5 Å². The Morgan fingerprint density at radius 2 is 1.49 bits per heavy atom. The van der Waals surface area contributed by atoms with Gasteiger partial charge in [-0.25, -0.2) is 4.79 Å². The number of likely N-dealkylation sites (tertiary alicyclic amines) is 1. The van der Waals surface area contributed by atoms with Gasteiger partial charge in [-0.15, -0.1) is 0 Å². The zero-order chi connectivity index (χ0) is 30.8. The maximum atomic E-state index is 13.0. The van der Waals surface area contributed by atoms with E-state index < -0.39 is 5.60 Å². The van der Waals surface area contributed by atoms with Crippen LogP contribution in [0.2, 0.25) is 0 Å². The first-order valence-electron chi connectivity index (χ1n) is 15.3. The highest BCUT2D eigenvalue weighted by molar-refractivity contribution is 5.79. The molecule has 4 rings (SSSR count). The van der Waals surface area contributed by atoms with Crippen molar-refractivity contribution in [3.05, 3.63) is 66.6 Å². The number of carbonyl (C=O) groups excluding carboxylic acids is 3. The van der Waals surface area contributed by atoms with E-state index in [0.717, 1.165) is 0 Å². The van der Waals surface area contributed by atoms with E-state index in [1.165, 1.54) is 22.3 Å². The summed E-state index contributed by atoms with van der Waals surface area (Å²) in [6.07, 6.45) is 1.65. The van der Waals surface area contributed by atoms with Gasteiger partial charge < -0.3 is 28.7 Å². The van der Waals surface area contributed by atoms with Crippen LogP contribution in [0.5, 0.6) is 0 Å². The van der Waals surface area contributed by atoms with Gasteiger partial charge in [0.25, 0.3) is 0 Å². The molecule has 0 radical (unpaired) electrons. The lowest BCUT2D eigenvalue weighted by molar-refractivity contribution is -0.154. The minimum absolute atomic E-state index is 0.0273. The number of ether oxygens (including phenoxy) is 4. The summed E-state index contributed by atoms with van der Waals surface area (Å²) < 4.78 is 22.1. The topological polar surface area (TPSA) is 94.6 Å². The average molecular weight is 594 g/mol. The summed E-state index contributed by atoms with van der Waals surface area (Å²) in [6, 6.07) is 16.6. The standard InChI is InChI=1S/C34H45N2O7/c1-5-31(37)36(19-21-41-23-22-40-20-16-32(38)43-34(2,3)4)25-14-17-35(18-15-25)33(39)42-24-30-28-12-8-6-10-26(28)27-11-7-9-13-29(27)30/h6-13,25,30H,2,5,14-24H2,1,3-4H3/q+1. The molecule has 0 bridgehead atoms. The van der Waals surface area contributed by atoms with Crippen molar-refractivity contribution in [1.82, 2.24) is 9.80 Å². The van der Waals surface area contributed by atoms with E-state index in [1.54, 1.807) is 18.7 Å². The maximum absolute atomic E-state index is 13.0. The van der Waals surface area contributed by atoms with E-state index in [-0.39, 0.29) is 43.0 Å². The Bertz CT molecular complexity index is 1190. The first-order valence-corrected chi connectivity index (χ1v) is 15.3. The molecule has 232 valence electrons. The summed E-state index contributed by atoms with van der Waals surface area (Å²) in [5.41, 5.74) is 4.03. The number of hydrogen-bond acceptors (Lipinski definition) is 7. The molecule has 0 aromatic heterocycles. The van der Waals surface area contributed by atoms with E-state index in [2.05, 4.69) is 31.2 Å². The molecule has 9 nitrogen and oxygen atoms in total. The number of carbonyl (C=O) groups is 3. The molecule has 2 aliphatic rings. The van der Waals surface area contributed by atoms with Gasteiger partial charge in [0.1, 0.15) is 13.5 Å². The van der Waals surface area contributed by atoms with Crippen LogP contribution in [0.3, 0.4) is 0 Å². The molecule has 0 N–H and O–H groups in total. The molecular formula is C34H45N2O7+. The van der Waals surface area contributed by atoms with Gasteiger partial charge in [-0.2, -0.15) is 0 Å². The smallest absolute Gasteiger partial charge is 0.409 e. The van der Waals surface area contributed by atoms with E-state index in [9.17, 15) is 14.4 Å². The predicted molar refractivity (Wildman–Crippen MR) is 163 cm³/mol. The van der Waals surface area contributed by atoms with Gasteiger partial charge in [0.05, 0.1) is 32.8 Å². The number of hydrogen-bond donors (Lipinski definition) is 0. The molecule has 0 unspecified atom stereocenters. The number of fused-ring (bicyclic) bond motifs is 3. The molecule has 2 aromatic rings. The maximum Gasteiger partial charge on any atom is 0.409 e. The molecule has 1 heterocycles. The molecule has 2 aromatic carbocycles. The highest BCUT2D eigenvalue weighted by Crippen LogP contribution is 2.44. The van der Waals surface area contributed by atoms with Gasteiger partial charge in [0.15, 0.2) is 0 Å². The van der Waals surface area contributed by atoms with Crippen LogP contribution in [0.15, 0.2) is 48.5 Å². The fourth-order valence-electron chi connectivity index (χ4n) is 5.76. The summed E-state index contributed by atoms with van der Waals surface area (Å²) in [7, 11) is 0. The third-order valence-corrected chi connectivity index (χ3v) is 7.81. The van der Waals surface area contributed by atoms with Gasteiger partial charge in [-0.3, -0.25) is 9.59 Å². The molecule has 1 aliphatic carbocycles. The zero-order valence-corrected chi connectivity index (χ0v) is 25.7. The summed E-state index contributed by atoms with van der Waals surface area (Å²) in [6.45, 7) is 12.3. The molecular weight excluding hydrogens is 548 g/mol. The van der Waals surface area contributed by atoms with Gasteiger partial charge >= 0.3 is 12.1 Å². The normalized spacial score (nSPS) is 15.1. The third kappa shape index (κ3) is 8.97. The second kappa shape index (κ2) is 15.3. The van der Waals surface area contributed by atoms with Crippen LogP contribution in [-0.4, -0.2) is 92.1 Å². The molecule has 9 heteroatoms. The molecule has 1 aliphatic heterocycles. The molecule has 0 spiro atoms. The van der Waals surface area contributed by atoms with Crippen LogP contribution in [0, 0.1) is 6.92 Å². The summed E-state index contributed by atoms with van der Waals surface area (Å²) in [5.74, 6) is -0.245. The highest BCUT2D eigenvalue weighted by atomic mass is 16.6. The Morgan fingerprint density at radius 3 is 2.07 bits per heavy atom. The van der Waals surface area contributed by atoms with E-state index in [1.807, 2.05) is 36.1 Å². The lowest BCUT2D eigenvalue weighted by Crippen LogP contribution is -2.49. The van der Waals surface area contributed by atoms with Crippen molar-refractivity contribution in [3.63, 3.8) is 0 Å². The zero-order valence-electron chi connectivity index (χ0n) is 25.7. The van der Waals surface area contributed by atoms with E-state index in [4.69, 9.17) is 18.9 Å². The number of esters is 1. The minimum Gasteiger partial charge on any atom is -0.448 e. The van der Waals surface area contributed by atoms with Crippen molar-refractivity contribution in [2.75, 3.05) is 52.7 Å². The molecule has 0 saturated carbocycles. The highest BCUT2D eigenvalue weighted by Gasteiger charge is 2.32. The lowest BCUT2D eigenvalue weighted by Gasteiger charge is -2.38. The number of rotatable bonds is 14. The molecule has 43 heavy (non-hydrogen) atoms. The van der Waals surface area contributed by atoms with Crippen LogP contribution in [0.4, 0.5) is 4.79 Å². The first-order chi connectivity index (χ1) is 20.7. The summed E-state index contributed by atoms with van der Waals surface area (Å²) >= 11 is 0. The second-order valence-electron chi connectivity index (χ2n) is 11.7. The van der Waals surface area contributed by atoms with Crippen molar-refractivity contribution < 1.29 is 33.3 Å². The van der Waals surface area contributed by atoms with Gasteiger partial charge in [0, 0.05) is 51.9 Å². The lowest BCUT2D eigenvalue weighted by atomic mass is 9.98. The van der Waals surface area contributed by atoms with Crippen molar-refractivity contribution in [2.24, 2.45) is 0 Å². The van der Waals surface area contributed by atoms with Crippen LogP contribution in [0.25, 0.3) is 11.1 Å². The van der Waals surface area contributed by atoms with Gasteiger partial charge in [-0.05, 0) is 35.1 Å². The molecule has 2 amide bonds. The van der Waals surface area contributed by atoms with Crippen molar-refractivity contribution >= 4 is 18.0 Å². The van der Waals surface area contributed by atoms with Gasteiger partial charge in [-0.1, -0.05) is 55.5 Å². The third-order valence-electron chi connectivity index (χ3n) is 7.81. The van der Waals surface area contributed by atoms with Crippen molar-refractivity contribution in [1.29, 1.82) is 0 Å². The SMILES string of the molecule is [CH2+]C(C)(C)OC(=O)CCOCCOCCN(C(=O)CC)C1CCN(C(=O)OCC2c3ccccc3-c3ccccc32)CC1. The fraction of sp³-hybridized carbons (Fsp3) is 0.529. The quantitative estimate of drug-likeness (QED) is 0.168. The molecule has 1 fully saturated rings. The Kier molecular flexibility index (Phi) is 11.5. The summed E-state index contributed by atoms with van der Waals surface area (Å²) in [5, 5.41) is 0. The Labute approximate surface area is 255 Å². The second-order valence-corrected chi connectivity index (χ2v) is 11.7. The van der Waals surface area contributed by atoms with Crippen molar-refractivity contribution in [2.45, 2.75) is 64.0 Å². The number of amides is 2. The monoisotopic (exact) mass is 593 g/mol. The average Bonchev–Trinajstić information content (AvgIpc) is 3.31. The minimum atomic E-state index is -0.752. The largest absolute Gasteiger partial charge is 0.448 e. The van der Waals surface area contributed by atoms with Crippen LogP contribution >= 0.6 is 0 Å². The molecule has 0 atom stereocenters.